The molecular weight excluding hydrogens is 314 g/mol. The van der Waals surface area contributed by atoms with Crippen LogP contribution in [-0.2, 0) is 14.4 Å². The van der Waals surface area contributed by atoms with Crippen molar-refractivity contribution in [2.75, 3.05) is 37.4 Å². The summed E-state index contributed by atoms with van der Waals surface area (Å²) in [5.74, 6) is -0.0638. The topological polar surface area (TPSA) is 69.7 Å². The van der Waals surface area contributed by atoms with Crippen molar-refractivity contribution in [2.45, 2.75) is 18.6 Å². The van der Waals surface area contributed by atoms with Crippen LogP contribution >= 0.6 is 11.8 Å². The minimum Gasteiger partial charge on any atom is -0.325 e. The Balaban J connectivity index is 1.98. The minimum atomic E-state index is -0.0853. The molecule has 1 fully saturated rings. The van der Waals surface area contributed by atoms with E-state index in [1.54, 1.807) is 21.9 Å². The van der Waals surface area contributed by atoms with Crippen molar-refractivity contribution < 1.29 is 14.4 Å². The molecule has 0 bridgehead atoms. The number of thioether (sulfide) groups is 1. The maximum absolute atomic E-state index is 12.1. The zero-order valence-electron chi connectivity index (χ0n) is 13.5. The molecule has 2 amide bonds. The second kappa shape index (κ2) is 7.61. The monoisotopic (exact) mass is 335 g/mol. The van der Waals surface area contributed by atoms with Gasteiger partial charge >= 0.3 is 0 Å². The van der Waals surface area contributed by atoms with Crippen LogP contribution in [-0.4, -0.2) is 54.3 Å². The number of carbonyl (C=O) groups is 3. The van der Waals surface area contributed by atoms with Crippen LogP contribution in [0, 0.1) is 0 Å². The number of nitrogens with one attached hydrogen (secondary N) is 1. The number of anilines is 2. The van der Waals surface area contributed by atoms with Crippen LogP contribution in [0.5, 0.6) is 0 Å². The number of likely N-dealkylation sites (N-methyl/N-ethyl adjacent to an activating group) is 1. The van der Waals surface area contributed by atoms with Gasteiger partial charge in [-0.15, -0.1) is 0 Å². The Morgan fingerprint density at radius 3 is 2.52 bits per heavy atom. The molecule has 2 rings (SSSR count). The molecule has 1 aromatic carbocycles. The van der Waals surface area contributed by atoms with Gasteiger partial charge in [0.2, 0.25) is 11.8 Å². The van der Waals surface area contributed by atoms with Crippen molar-refractivity contribution in [3.8, 4) is 0 Å². The van der Waals surface area contributed by atoms with E-state index in [2.05, 4.69) is 5.32 Å². The smallest absolute Gasteiger partial charge is 0.238 e. The molecule has 1 aliphatic heterocycles. The number of carbonyl (C=O) groups excluding carboxylic acids is 3. The van der Waals surface area contributed by atoms with Crippen LogP contribution in [0.3, 0.4) is 0 Å². The molecule has 0 radical (unpaired) electrons. The molecule has 1 saturated heterocycles. The number of nitrogens with zero attached hydrogens (tertiary/aromatic N) is 2. The highest BCUT2D eigenvalue weighted by atomic mass is 32.2. The van der Waals surface area contributed by atoms with E-state index in [-0.39, 0.29) is 22.2 Å². The fourth-order valence-electron chi connectivity index (χ4n) is 2.45. The fourth-order valence-corrected chi connectivity index (χ4v) is 3.37. The Hall–Kier alpha value is -1.86. The molecule has 1 aliphatic rings. The molecular formula is C16H21N3O3S. The first-order valence-electron chi connectivity index (χ1n) is 7.37. The third-order valence-electron chi connectivity index (χ3n) is 3.34. The Morgan fingerprint density at radius 1 is 1.30 bits per heavy atom. The lowest BCUT2D eigenvalue weighted by molar-refractivity contribution is -0.117. The van der Waals surface area contributed by atoms with Gasteiger partial charge in [0.05, 0.1) is 6.54 Å². The Bertz CT molecular complexity index is 601. The summed E-state index contributed by atoms with van der Waals surface area (Å²) in [6.07, 6.45) is 0.381. The number of hydrogen-bond acceptors (Lipinski definition) is 5. The van der Waals surface area contributed by atoms with Crippen molar-refractivity contribution in [3.63, 3.8) is 0 Å². The second-order valence-corrected chi connectivity index (χ2v) is 7.25. The van der Waals surface area contributed by atoms with E-state index in [9.17, 15) is 14.4 Å². The van der Waals surface area contributed by atoms with Crippen molar-refractivity contribution >= 4 is 40.1 Å². The van der Waals surface area contributed by atoms with E-state index in [0.717, 1.165) is 5.69 Å². The fraction of sp³-hybridized carbons (Fsp3) is 0.438. The van der Waals surface area contributed by atoms with Gasteiger partial charge in [-0.25, -0.2) is 0 Å². The number of hydrogen-bond donors (Lipinski definition) is 1. The van der Waals surface area contributed by atoms with Gasteiger partial charge < -0.3 is 15.1 Å². The molecule has 23 heavy (non-hydrogen) atoms. The van der Waals surface area contributed by atoms with Crippen LogP contribution in [0.2, 0.25) is 0 Å². The molecule has 1 atom stereocenters. The molecule has 7 heteroatoms. The summed E-state index contributed by atoms with van der Waals surface area (Å²) in [5, 5.41) is 2.85. The number of benzene rings is 1. The van der Waals surface area contributed by atoms with Crippen molar-refractivity contribution in [2.24, 2.45) is 0 Å². The van der Waals surface area contributed by atoms with E-state index in [4.69, 9.17) is 0 Å². The van der Waals surface area contributed by atoms with Crippen molar-refractivity contribution in [1.82, 2.24) is 4.90 Å². The van der Waals surface area contributed by atoms with Gasteiger partial charge in [-0.3, -0.25) is 14.4 Å². The highest BCUT2D eigenvalue weighted by Gasteiger charge is 2.31. The van der Waals surface area contributed by atoms with E-state index in [0.29, 0.717) is 25.2 Å². The maximum Gasteiger partial charge on any atom is 0.238 e. The van der Waals surface area contributed by atoms with Crippen molar-refractivity contribution in [3.05, 3.63) is 24.3 Å². The quantitative estimate of drug-likeness (QED) is 0.884. The number of amides is 2. The molecule has 0 spiro atoms. The summed E-state index contributed by atoms with van der Waals surface area (Å²) in [6.45, 7) is 2.37. The molecule has 1 unspecified atom stereocenters. The maximum atomic E-state index is 12.1. The average molecular weight is 335 g/mol. The predicted molar refractivity (Wildman–Crippen MR) is 92.7 cm³/mol. The first-order valence-corrected chi connectivity index (χ1v) is 8.25. The largest absolute Gasteiger partial charge is 0.325 e. The lowest BCUT2D eigenvalue weighted by Crippen LogP contribution is -2.27. The highest BCUT2D eigenvalue weighted by molar-refractivity contribution is 8.14. The Kier molecular flexibility index (Phi) is 5.79. The van der Waals surface area contributed by atoms with Gasteiger partial charge in [0, 0.05) is 36.5 Å². The summed E-state index contributed by atoms with van der Waals surface area (Å²) >= 11 is 1.22. The predicted octanol–water partition coefficient (Wildman–Crippen LogP) is 1.57. The Labute approximate surface area is 140 Å². The minimum absolute atomic E-state index is 0.0134. The summed E-state index contributed by atoms with van der Waals surface area (Å²) in [7, 11) is 3.66. The van der Waals surface area contributed by atoms with E-state index in [1.807, 2.05) is 26.2 Å². The summed E-state index contributed by atoms with van der Waals surface area (Å²) in [6, 6.07) is 7.18. The van der Waals surface area contributed by atoms with E-state index >= 15 is 0 Å². The lowest BCUT2D eigenvalue weighted by atomic mass is 10.2. The van der Waals surface area contributed by atoms with Gasteiger partial charge in [0.1, 0.15) is 0 Å². The SMILES string of the molecule is CC(=O)SC1CC(=O)N(c2ccc(NC(=O)CN(C)C)cc2)C1. The molecule has 0 saturated carbocycles. The van der Waals surface area contributed by atoms with E-state index < -0.39 is 0 Å². The summed E-state index contributed by atoms with van der Waals surface area (Å²) < 4.78 is 0. The average Bonchev–Trinajstić information content (AvgIpc) is 2.78. The summed E-state index contributed by atoms with van der Waals surface area (Å²) in [5.41, 5.74) is 1.48. The van der Waals surface area contributed by atoms with Gasteiger partial charge in [0.25, 0.3) is 0 Å². The molecule has 1 aromatic rings. The van der Waals surface area contributed by atoms with Crippen LogP contribution in [0.1, 0.15) is 13.3 Å². The Morgan fingerprint density at radius 2 is 1.96 bits per heavy atom. The normalized spacial score (nSPS) is 17.7. The first kappa shape index (κ1) is 17.5. The molecule has 1 heterocycles. The van der Waals surface area contributed by atoms with Crippen LogP contribution in [0.15, 0.2) is 24.3 Å². The van der Waals surface area contributed by atoms with Gasteiger partial charge in [-0.1, -0.05) is 11.8 Å². The standard InChI is InChI=1S/C16H21N3O3S/c1-11(20)23-14-8-16(22)19(9-14)13-6-4-12(5-7-13)17-15(21)10-18(2)3/h4-7,14H,8-10H2,1-3H3,(H,17,21). The zero-order chi connectivity index (χ0) is 17.0. The van der Waals surface area contributed by atoms with Crippen LogP contribution < -0.4 is 10.2 Å². The van der Waals surface area contributed by atoms with Gasteiger partial charge in [-0.05, 0) is 38.4 Å². The van der Waals surface area contributed by atoms with E-state index in [1.165, 1.54) is 18.7 Å². The molecule has 0 aromatic heterocycles. The van der Waals surface area contributed by atoms with Crippen molar-refractivity contribution in [1.29, 1.82) is 0 Å². The van der Waals surface area contributed by atoms with Gasteiger partial charge in [-0.2, -0.15) is 0 Å². The molecule has 6 nitrogen and oxygen atoms in total. The first-order chi connectivity index (χ1) is 10.8. The third kappa shape index (κ3) is 5.07. The lowest BCUT2D eigenvalue weighted by Gasteiger charge is -2.17. The third-order valence-corrected chi connectivity index (χ3v) is 4.33. The summed E-state index contributed by atoms with van der Waals surface area (Å²) in [4.78, 5) is 38.4. The molecule has 124 valence electrons. The molecule has 0 aliphatic carbocycles. The van der Waals surface area contributed by atoms with Crippen LogP contribution in [0.25, 0.3) is 0 Å². The highest BCUT2D eigenvalue weighted by Crippen LogP contribution is 2.29. The number of rotatable bonds is 5. The van der Waals surface area contributed by atoms with Gasteiger partial charge in [0.15, 0.2) is 5.12 Å². The second-order valence-electron chi connectivity index (χ2n) is 5.77. The molecule has 1 N–H and O–H groups in total. The zero-order valence-corrected chi connectivity index (χ0v) is 14.4. The van der Waals surface area contributed by atoms with Crippen LogP contribution in [0.4, 0.5) is 11.4 Å².